The zero-order valence-electron chi connectivity index (χ0n) is 8.21. The van der Waals surface area contributed by atoms with Gasteiger partial charge in [0.2, 0.25) is 0 Å². The Kier molecular flexibility index (Phi) is 7.80. The molecule has 0 aromatic rings. The molecule has 0 N–H and O–H groups in total. The second-order valence-electron chi connectivity index (χ2n) is 3.61. The SMILES string of the molecule is SCCCCCCCC1CCSS1. The fourth-order valence-electron chi connectivity index (χ4n) is 1.58. The Bertz CT molecular complexity index is 111. The van der Waals surface area contributed by atoms with Gasteiger partial charge in [0.15, 0.2) is 0 Å². The van der Waals surface area contributed by atoms with Crippen molar-refractivity contribution in [3.05, 3.63) is 0 Å². The summed E-state index contributed by atoms with van der Waals surface area (Å²) >= 11 is 4.21. The van der Waals surface area contributed by atoms with E-state index in [4.69, 9.17) is 0 Å². The highest BCUT2D eigenvalue weighted by Gasteiger charge is 2.15. The summed E-state index contributed by atoms with van der Waals surface area (Å²) in [7, 11) is 4.18. The molecule has 1 saturated heterocycles. The van der Waals surface area contributed by atoms with Crippen molar-refractivity contribution >= 4 is 34.2 Å². The lowest BCUT2D eigenvalue weighted by atomic mass is 10.1. The first-order chi connectivity index (χ1) is 6.43. The van der Waals surface area contributed by atoms with Crippen LogP contribution in [-0.2, 0) is 0 Å². The van der Waals surface area contributed by atoms with Crippen molar-refractivity contribution in [2.24, 2.45) is 0 Å². The Morgan fingerprint density at radius 1 is 1.08 bits per heavy atom. The molecule has 13 heavy (non-hydrogen) atoms. The maximum atomic E-state index is 4.21. The molecule has 0 saturated carbocycles. The summed E-state index contributed by atoms with van der Waals surface area (Å²) in [6.07, 6.45) is 9.91. The normalized spacial score (nSPS) is 22.4. The number of hydrogen-bond acceptors (Lipinski definition) is 3. The zero-order valence-corrected chi connectivity index (χ0v) is 10.7. The number of thiol groups is 1. The highest BCUT2D eigenvalue weighted by atomic mass is 33.1. The molecule has 78 valence electrons. The smallest absolute Gasteiger partial charge is 0.0159 e. The van der Waals surface area contributed by atoms with E-state index in [-0.39, 0.29) is 0 Å². The number of rotatable bonds is 7. The van der Waals surface area contributed by atoms with Crippen LogP contribution in [0.5, 0.6) is 0 Å². The van der Waals surface area contributed by atoms with Gasteiger partial charge in [-0.25, -0.2) is 0 Å². The van der Waals surface area contributed by atoms with Crippen molar-refractivity contribution in [2.75, 3.05) is 11.5 Å². The lowest BCUT2D eigenvalue weighted by Crippen LogP contribution is -1.96. The fraction of sp³-hybridized carbons (Fsp3) is 1.00. The third-order valence-corrected chi connectivity index (χ3v) is 5.73. The van der Waals surface area contributed by atoms with Gasteiger partial charge in [-0.2, -0.15) is 12.6 Å². The molecule has 1 rings (SSSR count). The Morgan fingerprint density at radius 2 is 1.85 bits per heavy atom. The molecule has 0 aliphatic carbocycles. The number of hydrogen-bond donors (Lipinski definition) is 1. The van der Waals surface area contributed by atoms with Gasteiger partial charge in [0.05, 0.1) is 0 Å². The van der Waals surface area contributed by atoms with E-state index in [0.29, 0.717) is 0 Å². The summed E-state index contributed by atoms with van der Waals surface area (Å²) in [6, 6.07) is 0. The van der Waals surface area contributed by atoms with E-state index >= 15 is 0 Å². The second kappa shape index (κ2) is 8.37. The molecule has 1 heterocycles. The Balaban J connectivity index is 1.78. The third kappa shape index (κ3) is 6.19. The highest BCUT2D eigenvalue weighted by molar-refractivity contribution is 8.77. The Hall–Kier alpha value is 1.05. The molecule has 0 amide bonds. The molecule has 3 heteroatoms. The van der Waals surface area contributed by atoms with E-state index in [9.17, 15) is 0 Å². The van der Waals surface area contributed by atoms with Crippen LogP contribution >= 0.6 is 34.2 Å². The first kappa shape index (κ1) is 12.1. The minimum absolute atomic E-state index is 0.981. The van der Waals surface area contributed by atoms with Crippen LogP contribution in [0.1, 0.15) is 44.9 Å². The van der Waals surface area contributed by atoms with Crippen LogP contribution in [-0.4, -0.2) is 16.8 Å². The average Bonchev–Trinajstić information content (AvgIpc) is 2.63. The van der Waals surface area contributed by atoms with Gasteiger partial charge in [0.1, 0.15) is 0 Å². The average molecular weight is 236 g/mol. The zero-order chi connectivity index (χ0) is 9.36. The molecule has 1 aliphatic heterocycles. The van der Waals surface area contributed by atoms with Crippen LogP contribution < -0.4 is 0 Å². The molecule has 0 bridgehead atoms. The highest BCUT2D eigenvalue weighted by Crippen LogP contribution is 2.39. The van der Waals surface area contributed by atoms with Crippen LogP contribution in [0.3, 0.4) is 0 Å². The molecule has 1 fully saturated rings. The van der Waals surface area contributed by atoms with Gasteiger partial charge in [-0.05, 0) is 25.0 Å². The molecule has 1 unspecified atom stereocenters. The molecule has 1 aliphatic rings. The summed E-state index contributed by atoms with van der Waals surface area (Å²) < 4.78 is 0. The standard InChI is InChI=1S/C10H20S3/c11-8-5-3-1-2-4-6-10-7-9-12-13-10/h10-11H,1-9H2. The molecule has 1 atom stereocenters. The van der Waals surface area contributed by atoms with Crippen molar-refractivity contribution in [3.63, 3.8) is 0 Å². The van der Waals surface area contributed by atoms with E-state index in [1.807, 2.05) is 0 Å². The van der Waals surface area contributed by atoms with Gasteiger partial charge in [0.25, 0.3) is 0 Å². The van der Waals surface area contributed by atoms with Crippen molar-refractivity contribution in [1.29, 1.82) is 0 Å². The number of unbranched alkanes of at least 4 members (excludes halogenated alkanes) is 4. The quantitative estimate of drug-likeness (QED) is 0.395. The van der Waals surface area contributed by atoms with E-state index in [0.717, 1.165) is 11.0 Å². The van der Waals surface area contributed by atoms with Crippen LogP contribution in [0.4, 0.5) is 0 Å². The van der Waals surface area contributed by atoms with Crippen LogP contribution in [0.25, 0.3) is 0 Å². The van der Waals surface area contributed by atoms with Gasteiger partial charge >= 0.3 is 0 Å². The summed E-state index contributed by atoms with van der Waals surface area (Å²) in [4.78, 5) is 0. The summed E-state index contributed by atoms with van der Waals surface area (Å²) in [6.45, 7) is 0. The van der Waals surface area contributed by atoms with E-state index < -0.39 is 0 Å². The molecular weight excluding hydrogens is 216 g/mol. The lowest BCUT2D eigenvalue weighted by Gasteiger charge is -2.06. The molecule has 0 nitrogen and oxygen atoms in total. The van der Waals surface area contributed by atoms with E-state index in [2.05, 4.69) is 34.2 Å². The summed E-state index contributed by atoms with van der Waals surface area (Å²) in [5, 5.41) is 0.981. The molecule has 0 aromatic heterocycles. The Labute approximate surface area is 95.8 Å². The van der Waals surface area contributed by atoms with Gasteiger partial charge in [-0.15, -0.1) is 0 Å². The minimum atomic E-state index is 0.981. The Morgan fingerprint density at radius 3 is 2.54 bits per heavy atom. The van der Waals surface area contributed by atoms with Crippen molar-refractivity contribution in [1.82, 2.24) is 0 Å². The molecule has 0 spiro atoms. The van der Waals surface area contributed by atoms with Gasteiger partial charge in [-0.3, -0.25) is 0 Å². The lowest BCUT2D eigenvalue weighted by molar-refractivity contribution is 0.597. The van der Waals surface area contributed by atoms with Crippen molar-refractivity contribution in [2.45, 2.75) is 50.2 Å². The van der Waals surface area contributed by atoms with Crippen LogP contribution in [0.15, 0.2) is 0 Å². The van der Waals surface area contributed by atoms with Crippen molar-refractivity contribution in [3.8, 4) is 0 Å². The maximum Gasteiger partial charge on any atom is 0.0159 e. The first-order valence-corrected chi connectivity index (χ1v) is 8.34. The molecule has 0 aromatic carbocycles. The van der Waals surface area contributed by atoms with Crippen molar-refractivity contribution < 1.29 is 0 Å². The van der Waals surface area contributed by atoms with Crippen LogP contribution in [0.2, 0.25) is 0 Å². The van der Waals surface area contributed by atoms with Crippen LogP contribution in [0, 0.1) is 0 Å². The van der Waals surface area contributed by atoms with Gasteiger partial charge in [0, 0.05) is 11.0 Å². The van der Waals surface area contributed by atoms with Gasteiger partial charge < -0.3 is 0 Å². The minimum Gasteiger partial charge on any atom is -0.179 e. The summed E-state index contributed by atoms with van der Waals surface area (Å²) in [5.41, 5.74) is 0. The maximum absolute atomic E-state index is 4.21. The fourth-order valence-corrected chi connectivity index (χ4v) is 4.83. The topological polar surface area (TPSA) is 0 Å². The molecular formula is C10H20S3. The predicted molar refractivity (Wildman–Crippen MR) is 70.0 cm³/mol. The summed E-state index contributed by atoms with van der Waals surface area (Å²) in [5.74, 6) is 2.45. The monoisotopic (exact) mass is 236 g/mol. The van der Waals surface area contributed by atoms with E-state index in [1.54, 1.807) is 0 Å². The third-order valence-electron chi connectivity index (χ3n) is 2.41. The first-order valence-electron chi connectivity index (χ1n) is 5.32. The second-order valence-corrected chi connectivity index (χ2v) is 6.84. The van der Waals surface area contributed by atoms with E-state index in [1.165, 1.54) is 50.7 Å². The predicted octanol–water partition coefficient (Wildman–Crippen LogP) is 4.41. The largest absolute Gasteiger partial charge is 0.179 e. The molecule has 0 radical (unpaired) electrons. The van der Waals surface area contributed by atoms with Gasteiger partial charge in [-0.1, -0.05) is 47.3 Å².